The maximum Gasteiger partial charge on any atom is 0.319 e. The predicted octanol–water partition coefficient (Wildman–Crippen LogP) is 2.95. The summed E-state index contributed by atoms with van der Waals surface area (Å²) < 4.78 is 10.7. The molecule has 1 fully saturated rings. The zero-order valence-corrected chi connectivity index (χ0v) is 18.1. The van der Waals surface area contributed by atoms with Gasteiger partial charge in [0.1, 0.15) is 5.75 Å². The Morgan fingerprint density at radius 3 is 2.50 bits per heavy atom. The first-order valence-electron chi connectivity index (χ1n) is 10.3. The third-order valence-corrected chi connectivity index (χ3v) is 5.34. The number of rotatable bonds is 8. The number of anilines is 1. The van der Waals surface area contributed by atoms with Gasteiger partial charge in [0.15, 0.2) is 0 Å². The highest BCUT2D eigenvalue weighted by Crippen LogP contribution is 2.21. The van der Waals surface area contributed by atoms with Crippen LogP contribution in [0.15, 0.2) is 48.5 Å². The molecule has 1 saturated heterocycles. The second-order valence-corrected chi connectivity index (χ2v) is 7.63. The summed E-state index contributed by atoms with van der Waals surface area (Å²) in [5, 5.41) is 6.03. The number of para-hydroxylation sites is 1. The molecule has 0 bridgehead atoms. The average Bonchev–Trinajstić information content (AvgIpc) is 2.76. The van der Waals surface area contributed by atoms with Gasteiger partial charge in [-0.3, -0.25) is 4.90 Å². The van der Waals surface area contributed by atoms with Crippen LogP contribution in [0, 0.1) is 0 Å². The van der Waals surface area contributed by atoms with E-state index in [4.69, 9.17) is 9.47 Å². The Labute approximate surface area is 179 Å². The summed E-state index contributed by atoms with van der Waals surface area (Å²) in [6, 6.07) is 15.7. The molecular formula is C23H32N4O3. The van der Waals surface area contributed by atoms with Crippen molar-refractivity contribution in [1.82, 2.24) is 15.1 Å². The lowest BCUT2D eigenvalue weighted by Crippen LogP contribution is -2.38. The molecule has 0 spiro atoms. The number of methoxy groups -OCH3 is 1. The van der Waals surface area contributed by atoms with Crippen LogP contribution in [0.1, 0.15) is 17.2 Å². The highest BCUT2D eigenvalue weighted by atomic mass is 16.5. The zero-order valence-electron chi connectivity index (χ0n) is 18.1. The number of nitrogens with zero attached hydrogens (tertiary/aromatic N) is 2. The third kappa shape index (κ3) is 6.19. The van der Waals surface area contributed by atoms with E-state index in [-0.39, 0.29) is 12.1 Å². The van der Waals surface area contributed by atoms with Crippen molar-refractivity contribution in [3.8, 4) is 5.75 Å². The molecular weight excluding hydrogens is 380 g/mol. The zero-order chi connectivity index (χ0) is 21.3. The number of hydrogen-bond donors (Lipinski definition) is 2. The smallest absolute Gasteiger partial charge is 0.319 e. The van der Waals surface area contributed by atoms with Gasteiger partial charge in [-0.05, 0) is 43.4 Å². The number of morpholine rings is 1. The van der Waals surface area contributed by atoms with Gasteiger partial charge >= 0.3 is 6.03 Å². The fourth-order valence-corrected chi connectivity index (χ4v) is 3.56. The van der Waals surface area contributed by atoms with Crippen LogP contribution >= 0.6 is 0 Å². The normalized spacial score (nSPS) is 15.6. The van der Waals surface area contributed by atoms with Gasteiger partial charge in [-0.25, -0.2) is 4.79 Å². The minimum Gasteiger partial charge on any atom is -0.497 e. The Balaban J connectivity index is 1.59. The molecule has 2 amide bonds. The van der Waals surface area contributed by atoms with Gasteiger partial charge in [0, 0.05) is 31.9 Å². The van der Waals surface area contributed by atoms with Crippen LogP contribution < -0.4 is 15.4 Å². The summed E-state index contributed by atoms with van der Waals surface area (Å²) in [7, 11) is 5.67. The lowest BCUT2D eigenvalue weighted by Gasteiger charge is -2.27. The largest absolute Gasteiger partial charge is 0.497 e. The summed E-state index contributed by atoms with van der Waals surface area (Å²) in [6.07, 6.45) is 0. The SMILES string of the molecule is COc1ccc(C(CNC(=O)Nc2ccccc2CN2CCOCC2)N(C)C)cc1. The molecule has 1 atom stereocenters. The van der Waals surface area contributed by atoms with E-state index in [9.17, 15) is 4.79 Å². The van der Waals surface area contributed by atoms with Gasteiger partial charge in [0.05, 0.1) is 26.4 Å². The van der Waals surface area contributed by atoms with Crippen LogP contribution in [-0.2, 0) is 11.3 Å². The highest BCUT2D eigenvalue weighted by Gasteiger charge is 2.17. The van der Waals surface area contributed by atoms with Gasteiger partial charge in [-0.15, -0.1) is 0 Å². The number of ether oxygens (including phenoxy) is 2. The number of likely N-dealkylation sites (N-methyl/N-ethyl adjacent to an activating group) is 1. The summed E-state index contributed by atoms with van der Waals surface area (Å²) in [6.45, 7) is 4.63. The number of amides is 2. The van der Waals surface area contributed by atoms with Crippen LogP contribution in [-0.4, -0.2) is 69.9 Å². The Kier molecular flexibility index (Phi) is 8.07. The molecule has 0 aromatic heterocycles. The fourth-order valence-electron chi connectivity index (χ4n) is 3.56. The predicted molar refractivity (Wildman–Crippen MR) is 119 cm³/mol. The number of nitrogens with one attached hydrogen (secondary N) is 2. The standard InChI is InChI=1S/C23H32N4O3/c1-26(2)22(18-8-10-20(29-3)11-9-18)16-24-23(28)25-21-7-5-4-6-19(21)17-27-12-14-30-15-13-27/h4-11,22H,12-17H2,1-3H3,(H2,24,25,28). The van der Waals surface area contributed by atoms with E-state index >= 15 is 0 Å². The molecule has 1 aliphatic heterocycles. The molecule has 3 rings (SSSR count). The number of hydrogen-bond acceptors (Lipinski definition) is 5. The fraction of sp³-hybridized carbons (Fsp3) is 0.435. The first kappa shape index (κ1) is 22.1. The second-order valence-electron chi connectivity index (χ2n) is 7.63. The summed E-state index contributed by atoms with van der Waals surface area (Å²) in [5.41, 5.74) is 3.06. The Hall–Kier alpha value is -2.61. The van der Waals surface area contributed by atoms with E-state index in [2.05, 4.69) is 26.5 Å². The molecule has 30 heavy (non-hydrogen) atoms. The average molecular weight is 413 g/mol. The molecule has 7 heteroatoms. The molecule has 0 aliphatic carbocycles. The lowest BCUT2D eigenvalue weighted by atomic mass is 10.1. The molecule has 2 N–H and O–H groups in total. The van der Waals surface area contributed by atoms with Crippen molar-refractivity contribution in [3.63, 3.8) is 0 Å². The van der Waals surface area contributed by atoms with E-state index in [1.807, 2.05) is 56.6 Å². The third-order valence-electron chi connectivity index (χ3n) is 5.34. The molecule has 1 aliphatic rings. The van der Waals surface area contributed by atoms with Crippen LogP contribution in [0.2, 0.25) is 0 Å². The Morgan fingerprint density at radius 2 is 1.83 bits per heavy atom. The monoisotopic (exact) mass is 412 g/mol. The quantitative estimate of drug-likeness (QED) is 0.698. The van der Waals surface area contributed by atoms with Crippen molar-refractivity contribution in [2.24, 2.45) is 0 Å². The molecule has 1 heterocycles. The van der Waals surface area contributed by atoms with Gasteiger partial charge in [0.2, 0.25) is 0 Å². The van der Waals surface area contributed by atoms with E-state index in [1.165, 1.54) is 0 Å². The lowest BCUT2D eigenvalue weighted by molar-refractivity contribution is 0.0343. The van der Waals surface area contributed by atoms with E-state index in [0.29, 0.717) is 6.54 Å². The van der Waals surface area contributed by atoms with Crippen molar-refractivity contribution in [2.75, 3.05) is 59.4 Å². The first-order valence-corrected chi connectivity index (χ1v) is 10.3. The Bertz CT molecular complexity index is 804. The van der Waals surface area contributed by atoms with E-state index in [0.717, 1.165) is 55.4 Å². The number of urea groups is 1. The second kappa shape index (κ2) is 11.0. The van der Waals surface area contributed by atoms with Crippen LogP contribution in [0.25, 0.3) is 0 Å². The Morgan fingerprint density at radius 1 is 1.13 bits per heavy atom. The number of carbonyl (C=O) groups excluding carboxylic acids is 1. The molecule has 2 aromatic carbocycles. The summed E-state index contributed by atoms with van der Waals surface area (Å²) in [4.78, 5) is 17.1. The minimum atomic E-state index is -0.204. The number of carbonyl (C=O) groups is 1. The van der Waals surface area contributed by atoms with E-state index < -0.39 is 0 Å². The van der Waals surface area contributed by atoms with Crippen molar-refractivity contribution >= 4 is 11.7 Å². The summed E-state index contributed by atoms with van der Waals surface area (Å²) >= 11 is 0. The maximum absolute atomic E-state index is 12.6. The van der Waals surface area contributed by atoms with Crippen molar-refractivity contribution < 1.29 is 14.3 Å². The highest BCUT2D eigenvalue weighted by molar-refractivity contribution is 5.90. The van der Waals surface area contributed by atoms with Crippen LogP contribution in [0.5, 0.6) is 5.75 Å². The first-order chi connectivity index (χ1) is 14.6. The van der Waals surface area contributed by atoms with Crippen LogP contribution in [0.4, 0.5) is 10.5 Å². The van der Waals surface area contributed by atoms with Crippen LogP contribution in [0.3, 0.4) is 0 Å². The molecule has 7 nitrogen and oxygen atoms in total. The van der Waals surface area contributed by atoms with Gasteiger partial charge in [0.25, 0.3) is 0 Å². The molecule has 162 valence electrons. The molecule has 0 saturated carbocycles. The topological polar surface area (TPSA) is 66.1 Å². The van der Waals surface area contributed by atoms with E-state index in [1.54, 1.807) is 7.11 Å². The number of benzene rings is 2. The van der Waals surface area contributed by atoms with Gasteiger partial charge in [-0.2, -0.15) is 0 Å². The molecule has 1 unspecified atom stereocenters. The molecule has 2 aromatic rings. The molecule has 0 radical (unpaired) electrons. The van der Waals surface area contributed by atoms with Gasteiger partial charge < -0.3 is 25.0 Å². The summed E-state index contributed by atoms with van der Waals surface area (Å²) in [5.74, 6) is 0.818. The minimum absolute atomic E-state index is 0.0604. The van der Waals surface area contributed by atoms with Gasteiger partial charge in [-0.1, -0.05) is 30.3 Å². The van der Waals surface area contributed by atoms with Crippen molar-refractivity contribution in [3.05, 3.63) is 59.7 Å². The van der Waals surface area contributed by atoms with Crippen molar-refractivity contribution in [2.45, 2.75) is 12.6 Å². The maximum atomic E-state index is 12.6. The van der Waals surface area contributed by atoms with Crippen molar-refractivity contribution in [1.29, 1.82) is 0 Å².